The van der Waals surface area contributed by atoms with Gasteiger partial charge in [0, 0.05) is 37.1 Å². The van der Waals surface area contributed by atoms with Crippen LogP contribution in [0.15, 0.2) is 12.2 Å². The number of halogens is 1. The summed E-state index contributed by atoms with van der Waals surface area (Å²) in [4.78, 5) is 10.5. The lowest BCUT2D eigenvalue weighted by atomic mass is 10.4. The molecule has 50 valence electrons. The summed E-state index contributed by atoms with van der Waals surface area (Å²) in [5, 5.41) is 0. The zero-order valence-corrected chi connectivity index (χ0v) is 6.88. The molecule has 3 nitrogen and oxygen atoms in total. The molecule has 4 heteroatoms. The summed E-state index contributed by atoms with van der Waals surface area (Å²) in [6.45, 7) is 0.573. The Morgan fingerprint density at radius 1 is 1.67 bits per heavy atom. The van der Waals surface area contributed by atoms with E-state index < -0.39 is 0 Å². The molecular weight excluding hydrogens is 231 g/mol. The summed E-state index contributed by atoms with van der Waals surface area (Å²) in [7, 11) is 0. The second-order valence-electron chi connectivity index (χ2n) is 1.54. The average Bonchev–Trinajstić information content (AvgIpc) is 1.90. The van der Waals surface area contributed by atoms with Crippen LogP contribution in [0.25, 0.3) is 0 Å². The summed E-state index contributed by atoms with van der Waals surface area (Å²) >= 11 is -0.286. The van der Waals surface area contributed by atoms with E-state index >= 15 is 0 Å². The highest BCUT2D eigenvalue weighted by Crippen LogP contribution is 2.00. The van der Waals surface area contributed by atoms with Crippen molar-refractivity contribution in [1.82, 2.24) is 3.53 Å². The molecule has 0 atom stereocenters. The summed E-state index contributed by atoms with van der Waals surface area (Å²) in [6.07, 6.45) is 3.33. The smallest absolute Gasteiger partial charge is 0.252 e. The van der Waals surface area contributed by atoms with E-state index in [9.17, 15) is 4.79 Å². The van der Waals surface area contributed by atoms with Crippen LogP contribution < -0.4 is 9.26 Å². The molecule has 0 aliphatic carbocycles. The molecule has 1 aliphatic heterocycles. The highest BCUT2D eigenvalue weighted by Gasteiger charge is 1.99. The maximum atomic E-state index is 10.5. The van der Waals surface area contributed by atoms with Crippen LogP contribution in [-0.2, 0) is 4.79 Å². The fourth-order valence-electron chi connectivity index (χ4n) is 0.443. The van der Waals surface area contributed by atoms with Gasteiger partial charge in [-0.05, 0) is 6.08 Å². The van der Waals surface area contributed by atoms with E-state index in [2.05, 4.69) is 3.53 Å². The standard InChI is InChI=1S/C5H7IN2O/c7-3-4-1-2-5(9)8-6-4/h1-2H,3,7H2,(H,8,9). The SMILES string of the molecule is NCC1=INC(=O)C=C1. The number of rotatable bonds is 1. The van der Waals surface area contributed by atoms with Gasteiger partial charge in [0.15, 0.2) is 0 Å². The molecule has 0 bridgehead atoms. The van der Waals surface area contributed by atoms with Crippen molar-refractivity contribution in [1.29, 1.82) is 0 Å². The summed E-state index contributed by atoms with van der Waals surface area (Å²) in [5.41, 5.74) is 5.34. The van der Waals surface area contributed by atoms with Crippen LogP contribution in [0.3, 0.4) is 0 Å². The lowest BCUT2D eigenvalue weighted by molar-refractivity contribution is -0.114. The van der Waals surface area contributed by atoms with Crippen LogP contribution in [0, 0.1) is 0 Å². The zero-order chi connectivity index (χ0) is 6.69. The predicted octanol–water partition coefficient (Wildman–Crippen LogP) is -0.311. The van der Waals surface area contributed by atoms with E-state index in [1.165, 1.54) is 9.58 Å². The minimum atomic E-state index is -0.286. The number of nitrogens with two attached hydrogens (primary N) is 1. The van der Waals surface area contributed by atoms with Crippen LogP contribution in [0.1, 0.15) is 0 Å². The summed E-state index contributed by atoms with van der Waals surface area (Å²) in [6, 6.07) is 0. The number of nitrogens with one attached hydrogen (secondary N) is 1. The van der Waals surface area contributed by atoms with Crippen molar-refractivity contribution in [2.24, 2.45) is 5.73 Å². The first-order valence-electron chi connectivity index (χ1n) is 2.50. The molecule has 0 spiro atoms. The quantitative estimate of drug-likeness (QED) is 0.486. The fourth-order valence-corrected chi connectivity index (χ4v) is 1.81. The van der Waals surface area contributed by atoms with Gasteiger partial charge in [0.25, 0.3) is 5.91 Å². The molecule has 0 saturated heterocycles. The van der Waals surface area contributed by atoms with Gasteiger partial charge in [-0.2, -0.15) is 0 Å². The molecule has 0 fully saturated rings. The molecule has 0 aromatic carbocycles. The molecule has 0 radical (unpaired) electrons. The summed E-state index contributed by atoms with van der Waals surface area (Å²) in [5.74, 6) is 0.0139. The van der Waals surface area contributed by atoms with Gasteiger partial charge < -0.3 is 9.26 Å². The lowest BCUT2D eigenvalue weighted by Gasteiger charge is -2.01. The summed E-state index contributed by atoms with van der Waals surface area (Å²) < 4.78 is 3.92. The Hall–Kier alpha value is -0.230. The molecule has 1 rings (SSSR count). The van der Waals surface area contributed by atoms with Crippen molar-refractivity contribution in [3.05, 3.63) is 12.2 Å². The van der Waals surface area contributed by atoms with Crippen molar-refractivity contribution in [3.8, 4) is 0 Å². The predicted molar refractivity (Wildman–Crippen MR) is 45.4 cm³/mol. The van der Waals surface area contributed by atoms with Crippen molar-refractivity contribution >= 4 is 30.4 Å². The third-order valence-electron chi connectivity index (χ3n) is 0.872. The van der Waals surface area contributed by atoms with Crippen molar-refractivity contribution in [2.75, 3.05) is 6.54 Å². The highest BCUT2D eigenvalue weighted by atomic mass is 127. The molecule has 3 N–H and O–H groups in total. The van der Waals surface area contributed by atoms with E-state index in [1.54, 1.807) is 0 Å². The topological polar surface area (TPSA) is 55.1 Å². The maximum absolute atomic E-state index is 10.5. The van der Waals surface area contributed by atoms with E-state index in [4.69, 9.17) is 5.73 Å². The van der Waals surface area contributed by atoms with Crippen molar-refractivity contribution < 1.29 is 4.79 Å². The van der Waals surface area contributed by atoms with Gasteiger partial charge in [-0.15, -0.1) is 0 Å². The van der Waals surface area contributed by atoms with Crippen LogP contribution >= 0.6 is 21.0 Å². The monoisotopic (exact) mass is 238 g/mol. The van der Waals surface area contributed by atoms with Gasteiger partial charge in [0.1, 0.15) is 0 Å². The molecule has 9 heavy (non-hydrogen) atoms. The Kier molecular flexibility index (Phi) is 2.35. The van der Waals surface area contributed by atoms with E-state index in [1.807, 2.05) is 6.08 Å². The highest BCUT2D eigenvalue weighted by molar-refractivity contribution is 14.2. The second-order valence-corrected chi connectivity index (χ2v) is 4.00. The van der Waals surface area contributed by atoms with Gasteiger partial charge >= 0.3 is 0 Å². The van der Waals surface area contributed by atoms with Crippen molar-refractivity contribution in [2.45, 2.75) is 0 Å². The van der Waals surface area contributed by atoms with Gasteiger partial charge in [0.2, 0.25) is 0 Å². The molecule has 0 aromatic heterocycles. The lowest BCUT2D eigenvalue weighted by Crippen LogP contribution is -2.19. The molecule has 0 saturated carbocycles. The minimum absolute atomic E-state index is 0.0139. The molecule has 0 aromatic rings. The Bertz CT molecular complexity index is 185. The molecule has 0 unspecified atom stereocenters. The Balaban J connectivity index is 2.63. The average molecular weight is 238 g/mol. The Labute approximate surface area is 63.4 Å². The number of carbonyl (C=O) groups is 1. The van der Waals surface area contributed by atoms with Crippen LogP contribution in [0.5, 0.6) is 0 Å². The molecule has 1 heterocycles. The van der Waals surface area contributed by atoms with Gasteiger partial charge in [-0.3, -0.25) is 4.79 Å². The van der Waals surface area contributed by atoms with Crippen LogP contribution in [0.4, 0.5) is 0 Å². The normalized spacial score (nSPS) is 17.9. The maximum Gasteiger partial charge on any atom is 0.252 e. The van der Waals surface area contributed by atoms with E-state index in [-0.39, 0.29) is 26.9 Å². The number of amides is 1. The zero-order valence-electron chi connectivity index (χ0n) is 4.73. The Morgan fingerprint density at radius 3 is 2.89 bits per heavy atom. The number of hydrogen-bond acceptors (Lipinski definition) is 2. The minimum Gasteiger partial charge on any atom is -0.326 e. The molecular formula is C5H7IN2O. The number of carbonyl (C=O) groups excluding carboxylic acids is 1. The Morgan fingerprint density at radius 2 is 2.44 bits per heavy atom. The first kappa shape index (κ1) is 6.88. The van der Waals surface area contributed by atoms with Gasteiger partial charge in [-0.25, -0.2) is 0 Å². The first-order chi connectivity index (χ1) is 4.33. The van der Waals surface area contributed by atoms with Gasteiger partial charge in [0.05, 0.1) is 0 Å². The third kappa shape index (κ3) is 1.87. The fraction of sp³-hybridized carbons (Fsp3) is 0.200. The third-order valence-corrected chi connectivity index (χ3v) is 3.17. The van der Waals surface area contributed by atoms with Crippen LogP contribution in [-0.4, -0.2) is 16.0 Å². The van der Waals surface area contributed by atoms with Crippen LogP contribution in [0.2, 0.25) is 0 Å². The molecule has 1 amide bonds. The molecule has 1 aliphatic rings. The largest absolute Gasteiger partial charge is 0.326 e. The van der Waals surface area contributed by atoms with Crippen molar-refractivity contribution in [3.63, 3.8) is 0 Å². The van der Waals surface area contributed by atoms with Gasteiger partial charge in [-0.1, -0.05) is 0 Å². The van der Waals surface area contributed by atoms with E-state index in [0.717, 1.165) is 0 Å². The number of hydrogen-bond donors (Lipinski definition) is 2. The second kappa shape index (κ2) is 3.07. The van der Waals surface area contributed by atoms with E-state index in [0.29, 0.717) is 6.54 Å². The first-order valence-corrected chi connectivity index (χ1v) is 4.66.